The van der Waals surface area contributed by atoms with Gasteiger partial charge in [-0.1, -0.05) is 0 Å². The van der Waals surface area contributed by atoms with Crippen LogP contribution < -0.4 is 5.32 Å². The zero-order valence-electron chi connectivity index (χ0n) is 11.3. The number of aromatic nitrogens is 1. The zero-order valence-corrected chi connectivity index (χ0v) is 12.1. The van der Waals surface area contributed by atoms with Crippen LogP contribution in [0.4, 0.5) is 15.8 Å². The first kappa shape index (κ1) is 14.4. The summed E-state index contributed by atoms with van der Waals surface area (Å²) in [6.45, 7) is 5.66. The van der Waals surface area contributed by atoms with Gasteiger partial charge in [0.25, 0.3) is 5.69 Å². The van der Waals surface area contributed by atoms with Crippen molar-refractivity contribution in [2.45, 2.75) is 26.8 Å². The highest BCUT2D eigenvalue weighted by Crippen LogP contribution is 2.31. The van der Waals surface area contributed by atoms with Crippen LogP contribution in [0.15, 0.2) is 18.2 Å². The van der Waals surface area contributed by atoms with E-state index >= 15 is 0 Å². The lowest BCUT2D eigenvalue weighted by atomic mass is 10.2. The summed E-state index contributed by atoms with van der Waals surface area (Å²) in [6.07, 6.45) is 0. The highest BCUT2D eigenvalue weighted by molar-refractivity contribution is 7.11. The first-order valence-electron chi connectivity index (χ1n) is 6.03. The van der Waals surface area contributed by atoms with E-state index in [0.717, 1.165) is 33.8 Å². The summed E-state index contributed by atoms with van der Waals surface area (Å²) in [5.74, 6) is -0.512. The van der Waals surface area contributed by atoms with Crippen LogP contribution >= 0.6 is 11.3 Å². The van der Waals surface area contributed by atoms with Crippen LogP contribution in [-0.4, -0.2) is 9.91 Å². The lowest BCUT2D eigenvalue weighted by Crippen LogP contribution is -2.08. The predicted octanol–water partition coefficient (Wildman–Crippen LogP) is 3.98. The van der Waals surface area contributed by atoms with Gasteiger partial charge in [0, 0.05) is 17.0 Å². The van der Waals surface area contributed by atoms with E-state index in [9.17, 15) is 14.5 Å². The van der Waals surface area contributed by atoms with Gasteiger partial charge in [0.15, 0.2) is 0 Å². The molecule has 0 saturated carbocycles. The Morgan fingerprint density at radius 2 is 2.15 bits per heavy atom. The molecule has 0 spiro atoms. The van der Waals surface area contributed by atoms with Crippen molar-refractivity contribution in [3.05, 3.63) is 49.7 Å². The van der Waals surface area contributed by atoms with Gasteiger partial charge in [0.2, 0.25) is 0 Å². The molecule has 106 valence electrons. The van der Waals surface area contributed by atoms with Gasteiger partial charge < -0.3 is 5.32 Å². The molecule has 7 heteroatoms. The summed E-state index contributed by atoms with van der Waals surface area (Å²) >= 11 is 1.52. The van der Waals surface area contributed by atoms with Crippen molar-refractivity contribution in [2.24, 2.45) is 0 Å². The number of hydrogen-bond donors (Lipinski definition) is 1. The van der Waals surface area contributed by atoms with Crippen LogP contribution in [0.1, 0.15) is 28.5 Å². The van der Waals surface area contributed by atoms with E-state index in [-0.39, 0.29) is 17.4 Å². The van der Waals surface area contributed by atoms with Crippen molar-refractivity contribution in [2.75, 3.05) is 5.32 Å². The molecule has 1 aromatic carbocycles. The van der Waals surface area contributed by atoms with Crippen molar-refractivity contribution in [1.82, 2.24) is 4.98 Å². The monoisotopic (exact) mass is 295 g/mol. The topological polar surface area (TPSA) is 68.1 Å². The van der Waals surface area contributed by atoms with Gasteiger partial charge in [0.05, 0.1) is 21.7 Å². The fraction of sp³-hybridized carbons (Fsp3) is 0.308. The van der Waals surface area contributed by atoms with Gasteiger partial charge in [-0.2, -0.15) is 0 Å². The average Bonchev–Trinajstić information content (AvgIpc) is 2.68. The van der Waals surface area contributed by atoms with E-state index < -0.39 is 10.7 Å². The van der Waals surface area contributed by atoms with E-state index in [2.05, 4.69) is 10.3 Å². The minimum Gasteiger partial charge on any atom is -0.372 e. The van der Waals surface area contributed by atoms with Crippen LogP contribution in [-0.2, 0) is 0 Å². The van der Waals surface area contributed by atoms with Gasteiger partial charge >= 0.3 is 0 Å². The van der Waals surface area contributed by atoms with Gasteiger partial charge in [-0.3, -0.25) is 10.1 Å². The molecule has 1 unspecified atom stereocenters. The third kappa shape index (κ3) is 2.93. The second-order valence-electron chi connectivity index (χ2n) is 4.47. The SMILES string of the molecule is Cc1nc(C)c(C(C)Nc2cc(F)ccc2[N+](=O)[O-])s1. The predicted molar refractivity (Wildman–Crippen MR) is 76.7 cm³/mol. The van der Waals surface area contributed by atoms with E-state index in [0.29, 0.717) is 0 Å². The van der Waals surface area contributed by atoms with Crippen molar-refractivity contribution in [3.8, 4) is 0 Å². The first-order valence-corrected chi connectivity index (χ1v) is 6.84. The normalized spacial score (nSPS) is 12.2. The Kier molecular flexibility index (Phi) is 3.99. The number of nitro benzene ring substituents is 1. The molecular weight excluding hydrogens is 281 g/mol. The van der Waals surface area contributed by atoms with Crippen molar-refractivity contribution < 1.29 is 9.31 Å². The van der Waals surface area contributed by atoms with Crippen LogP contribution in [0.2, 0.25) is 0 Å². The highest BCUT2D eigenvalue weighted by atomic mass is 32.1. The smallest absolute Gasteiger partial charge is 0.292 e. The number of hydrogen-bond acceptors (Lipinski definition) is 5. The second kappa shape index (κ2) is 5.54. The molecule has 0 saturated heterocycles. The van der Waals surface area contributed by atoms with E-state index in [1.165, 1.54) is 11.3 Å². The number of rotatable bonds is 4. The summed E-state index contributed by atoms with van der Waals surface area (Å²) in [5.41, 5.74) is 0.914. The molecule has 1 N–H and O–H groups in total. The maximum atomic E-state index is 13.3. The highest BCUT2D eigenvalue weighted by Gasteiger charge is 2.19. The number of nitrogens with zero attached hydrogens (tertiary/aromatic N) is 2. The molecule has 5 nitrogen and oxygen atoms in total. The lowest BCUT2D eigenvalue weighted by molar-refractivity contribution is -0.384. The molecule has 0 amide bonds. The number of nitro groups is 1. The fourth-order valence-electron chi connectivity index (χ4n) is 2.03. The Bertz CT molecular complexity index is 657. The second-order valence-corrected chi connectivity index (χ2v) is 5.70. The van der Waals surface area contributed by atoms with Crippen molar-refractivity contribution in [1.29, 1.82) is 0 Å². The summed E-state index contributed by atoms with van der Waals surface area (Å²) in [7, 11) is 0. The number of benzene rings is 1. The molecule has 0 aliphatic carbocycles. The van der Waals surface area contributed by atoms with Gasteiger partial charge in [-0.25, -0.2) is 9.37 Å². The largest absolute Gasteiger partial charge is 0.372 e. The Labute approximate surface area is 119 Å². The molecule has 0 bridgehead atoms. The summed E-state index contributed by atoms with van der Waals surface area (Å²) in [4.78, 5) is 15.7. The Morgan fingerprint density at radius 1 is 1.45 bits per heavy atom. The summed E-state index contributed by atoms with van der Waals surface area (Å²) in [6, 6.07) is 3.20. The molecular formula is C13H14FN3O2S. The van der Waals surface area contributed by atoms with Crippen molar-refractivity contribution in [3.63, 3.8) is 0 Å². The number of anilines is 1. The average molecular weight is 295 g/mol. The Hall–Kier alpha value is -2.02. The minimum absolute atomic E-state index is 0.142. The molecule has 1 atom stereocenters. The quantitative estimate of drug-likeness (QED) is 0.684. The van der Waals surface area contributed by atoms with Gasteiger partial charge in [-0.05, 0) is 26.8 Å². The van der Waals surface area contributed by atoms with E-state index in [1.807, 2.05) is 20.8 Å². The van der Waals surface area contributed by atoms with Crippen molar-refractivity contribution >= 4 is 22.7 Å². The molecule has 2 rings (SSSR count). The number of thiazole rings is 1. The van der Waals surface area contributed by atoms with Crippen LogP contribution in [0.5, 0.6) is 0 Å². The molecule has 0 radical (unpaired) electrons. The zero-order chi connectivity index (χ0) is 14.9. The maximum absolute atomic E-state index is 13.3. The third-order valence-corrected chi connectivity index (χ3v) is 4.12. The minimum atomic E-state index is -0.528. The number of halogens is 1. The number of nitrogens with one attached hydrogen (secondary N) is 1. The fourth-order valence-corrected chi connectivity index (χ4v) is 2.96. The Balaban J connectivity index is 2.32. The summed E-state index contributed by atoms with van der Waals surface area (Å²) in [5, 5.41) is 14.9. The number of aryl methyl sites for hydroxylation is 2. The first-order chi connectivity index (χ1) is 9.38. The van der Waals surface area contributed by atoms with E-state index in [1.54, 1.807) is 0 Å². The molecule has 1 aromatic heterocycles. The van der Waals surface area contributed by atoms with Gasteiger partial charge in [-0.15, -0.1) is 11.3 Å². The molecule has 20 heavy (non-hydrogen) atoms. The molecule has 0 aliphatic rings. The van der Waals surface area contributed by atoms with Gasteiger partial charge in [0.1, 0.15) is 11.5 Å². The molecule has 0 fully saturated rings. The standard InChI is InChI=1S/C13H14FN3O2S/c1-7-13(20-9(3)15-7)8(2)16-11-6-10(14)4-5-12(11)17(18)19/h4-6,8,16H,1-3H3. The molecule has 1 heterocycles. The Morgan fingerprint density at radius 3 is 2.70 bits per heavy atom. The van der Waals surface area contributed by atoms with Crippen LogP contribution in [0, 0.1) is 29.8 Å². The van der Waals surface area contributed by atoms with Crippen LogP contribution in [0.25, 0.3) is 0 Å². The van der Waals surface area contributed by atoms with E-state index in [4.69, 9.17) is 0 Å². The summed E-state index contributed by atoms with van der Waals surface area (Å²) < 4.78 is 13.3. The molecule has 0 aliphatic heterocycles. The lowest BCUT2D eigenvalue weighted by Gasteiger charge is -2.14. The maximum Gasteiger partial charge on any atom is 0.292 e. The molecule has 2 aromatic rings. The van der Waals surface area contributed by atoms with Crippen LogP contribution in [0.3, 0.4) is 0 Å². The third-order valence-electron chi connectivity index (χ3n) is 2.86.